The molecule has 5 nitrogen and oxygen atoms in total. The van der Waals surface area contributed by atoms with E-state index in [2.05, 4.69) is 40.3 Å². The molecule has 0 saturated carbocycles. The lowest BCUT2D eigenvalue weighted by Crippen LogP contribution is -2.39. The second kappa shape index (κ2) is 7.89. The van der Waals surface area contributed by atoms with Gasteiger partial charge < -0.3 is 4.74 Å². The zero-order chi connectivity index (χ0) is 13.5. The third kappa shape index (κ3) is 3.54. The van der Waals surface area contributed by atoms with Crippen LogP contribution in [0.25, 0.3) is 0 Å². The molecule has 6 heteroatoms. The monoisotopic (exact) mass is 318 g/mol. The van der Waals surface area contributed by atoms with Crippen molar-refractivity contribution in [2.24, 2.45) is 5.84 Å². The normalized spacial score (nSPS) is 14.7. The Bertz CT molecular complexity index is 350. The number of hydrazine groups is 1. The fourth-order valence-corrected chi connectivity index (χ4v) is 2.68. The molecule has 0 bridgehead atoms. The highest BCUT2D eigenvalue weighted by Crippen LogP contribution is 2.28. The van der Waals surface area contributed by atoms with Crippen LogP contribution >= 0.6 is 15.9 Å². The maximum Gasteiger partial charge on any atom is 0.0901 e. The molecule has 0 aliphatic carbocycles. The van der Waals surface area contributed by atoms with E-state index >= 15 is 0 Å². The number of nitrogens with two attached hydrogens (primary N) is 1. The summed E-state index contributed by atoms with van der Waals surface area (Å²) < 4.78 is 8.72. The fraction of sp³-hybridized carbons (Fsp3) is 0.750. The average Bonchev–Trinajstić information content (AvgIpc) is 2.73. The van der Waals surface area contributed by atoms with Gasteiger partial charge in [0.15, 0.2) is 0 Å². The third-order valence-corrected chi connectivity index (χ3v) is 3.54. The molecule has 0 fully saturated rings. The average molecular weight is 319 g/mol. The molecule has 104 valence electrons. The van der Waals surface area contributed by atoms with Gasteiger partial charge in [0, 0.05) is 13.2 Å². The van der Waals surface area contributed by atoms with Gasteiger partial charge in [-0.25, -0.2) is 5.43 Å². The molecule has 18 heavy (non-hydrogen) atoms. The number of hydrogen-bond donors (Lipinski definition) is 2. The summed E-state index contributed by atoms with van der Waals surface area (Å²) in [5, 5.41) is 4.32. The smallest absolute Gasteiger partial charge is 0.0901 e. The van der Waals surface area contributed by atoms with Crippen LogP contribution in [0.15, 0.2) is 10.7 Å². The molecule has 3 N–H and O–H groups in total. The number of ether oxygens (including phenoxy) is 1. The van der Waals surface area contributed by atoms with Gasteiger partial charge in [-0.2, -0.15) is 5.10 Å². The minimum atomic E-state index is -0.0540. The summed E-state index contributed by atoms with van der Waals surface area (Å²) in [6.45, 7) is 7.70. The highest BCUT2D eigenvalue weighted by atomic mass is 79.9. The molecule has 1 aromatic heterocycles. The van der Waals surface area contributed by atoms with E-state index in [1.165, 1.54) is 0 Å². The van der Waals surface area contributed by atoms with Crippen LogP contribution in [-0.4, -0.2) is 22.5 Å². The number of halogens is 1. The van der Waals surface area contributed by atoms with Crippen molar-refractivity contribution in [2.75, 3.05) is 6.61 Å². The number of rotatable bonds is 8. The lowest BCUT2D eigenvalue weighted by atomic mass is 10.0. The van der Waals surface area contributed by atoms with Crippen molar-refractivity contribution in [3.63, 3.8) is 0 Å². The van der Waals surface area contributed by atoms with Gasteiger partial charge in [0.25, 0.3) is 0 Å². The minimum Gasteiger partial charge on any atom is -0.376 e. The molecule has 0 radical (unpaired) electrons. The molecule has 0 spiro atoms. The summed E-state index contributed by atoms with van der Waals surface area (Å²) in [6, 6.07) is -0.0540. The van der Waals surface area contributed by atoms with E-state index in [0.717, 1.165) is 29.6 Å². The molecular weight excluding hydrogens is 296 g/mol. The predicted octanol–water partition coefficient (Wildman–Crippen LogP) is 2.38. The Hall–Kier alpha value is -0.430. The lowest BCUT2D eigenvalue weighted by Gasteiger charge is -2.27. The van der Waals surface area contributed by atoms with Crippen LogP contribution in [0.2, 0.25) is 0 Å². The van der Waals surface area contributed by atoms with Crippen LogP contribution in [0, 0.1) is 0 Å². The largest absolute Gasteiger partial charge is 0.376 e. The number of aromatic nitrogens is 2. The van der Waals surface area contributed by atoms with E-state index in [1.54, 1.807) is 6.20 Å². The van der Waals surface area contributed by atoms with Crippen molar-refractivity contribution >= 4 is 15.9 Å². The second-order valence-corrected chi connectivity index (χ2v) is 4.97. The van der Waals surface area contributed by atoms with Crippen molar-refractivity contribution in [3.05, 3.63) is 16.4 Å². The van der Waals surface area contributed by atoms with Crippen LogP contribution in [0.1, 0.15) is 45.3 Å². The molecule has 0 saturated heterocycles. The third-order valence-electron chi connectivity index (χ3n) is 2.93. The summed E-state index contributed by atoms with van der Waals surface area (Å²) in [6.07, 6.45) is 3.88. The molecule has 1 aromatic rings. The van der Waals surface area contributed by atoms with E-state index < -0.39 is 0 Å². The van der Waals surface area contributed by atoms with Crippen LogP contribution in [-0.2, 0) is 11.3 Å². The predicted molar refractivity (Wildman–Crippen MR) is 76.0 cm³/mol. The van der Waals surface area contributed by atoms with Crippen LogP contribution in [0.3, 0.4) is 0 Å². The van der Waals surface area contributed by atoms with E-state index in [-0.39, 0.29) is 12.1 Å². The molecule has 2 atom stereocenters. The van der Waals surface area contributed by atoms with Gasteiger partial charge >= 0.3 is 0 Å². The Morgan fingerprint density at radius 2 is 2.22 bits per heavy atom. The first-order valence-corrected chi connectivity index (χ1v) is 7.27. The van der Waals surface area contributed by atoms with Gasteiger partial charge in [-0.3, -0.25) is 10.5 Å². The van der Waals surface area contributed by atoms with Gasteiger partial charge in [0.05, 0.1) is 28.5 Å². The Labute approximate surface area is 117 Å². The van der Waals surface area contributed by atoms with Crippen LogP contribution in [0.5, 0.6) is 0 Å². The molecule has 0 aliphatic heterocycles. The Balaban J connectivity index is 3.01. The van der Waals surface area contributed by atoms with Crippen molar-refractivity contribution in [1.29, 1.82) is 0 Å². The second-order valence-electron chi connectivity index (χ2n) is 4.12. The number of nitrogens with one attached hydrogen (secondary N) is 1. The molecule has 1 heterocycles. The SMILES string of the molecule is CCCC(OCC)C(NN)c1c(Br)cnn1CC. The van der Waals surface area contributed by atoms with Crippen molar-refractivity contribution in [2.45, 2.75) is 52.3 Å². The van der Waals surface area contributed by atoms with E-state index in [0.29, 0.717) is 6.61 Å². The number of hydrogen-bond acceptors (Lipinski definition) is 4. The Kier molecular flexibility index (Phi) is 6.85. The Morgan fingerprint density at radius 3 is 2.72 bits per heavy atom. The highest BCUT2D eigenvalue weighted by molar-refractivity contribution is 9.10. The first kappa shape index (κ1) is 15.6. The maximum absolute atomic E-state index is 5.81. The Morgan fingerprint density at radius 1 is 1.50 bits per heavy atom. The maximum atomic E-state index is 5.81. The number of nitrogens with zero attached hydrogens (tertiary/aromatic N) is 2. The quantitative estimate of drug-likeness (QED) is 0.570. The van der Waals surface area contributed by atoms with E-state index in [9.17, 15) is 0 Å². The van der Waals surface area contributed by atoms with Crippen LogP contribution < -0.4 is 11.3 Å². The van der Waals surface area contributed by atoms with Crippen molar-refractivity contribution in [1.82, 2.24) is 15.2 Å². The molecular formula is C12H23BrN4O. The zero-order valence-electron chi connectivity index (χ0n) is 11.3. The van der Waals surface area contributed by atoms with Gasteiger partial charge in [0.2, 0.25) is 0 Å². The molecule has 0 aliphatic rings. The van der Waals surface area contributed by atoms with Crippen molar-refractivity contribution < 1.29 is 4.74 Å². The molecule has 0 aromatic carbocycles. The first-order chi connectivity index (χ1) is 8.69. The summed E-state index contributed by atoms with van der Waals surface area (Å²) in [5.41, 5.74) is 3.92. The lowest BCUT2D eigenvalue weighted by molar-refractivity contribution is 0.0252. The summed E-state index contributed by atoms with van der Waals surface area (Å²) >= 11 is 3.54. The summed E-state index contributed by atoms with van der Waals surface area (Å²) in [7, 11) is 0. The summed E-state index contributed by atoms with van der Waals surface area (Å²) in [5.74, 6) is 5.73. The molecule has 0 amide bonds. The van der Waals surface area contributed by atoms with Crippen LogP contribution in [0.4, 0.5) is 0 Å². The molecule has 1 rings (SSSR count). The topological polar surface area (TPSA) is 65.1 Å². The fourth-order valence-electron chi connectivity index (χ4n) is 2.14. The molecule has 2 unspecified atom stereocenters. The van der Waals surface area contributed by atoms with Gasteiger partial charge in [-0.05, 0) is 36.2 Å². The summed E-state index contributed by atoms with van der Waals surface area (Å²) in [4.78, 5) is 0. The van der Waals surface area contributed by atoms with Gasteiger partial charge in [0.1, 0.15) is 0 Å². The first-order valence-electron chi connectivity index (χ1n) is 6.48. The van der Waals surface area contributed by atoms with Gasteiger partial charge in [-0.15, -0.1) is 0 Å². The van der Waals surface area contributed by atoms with Crippen molar-refractivity contribution in [3.8, 4) is 0 Å². The van der Waals surface area contributed by atoms with E-state index in [1.807, 2.05) is 11.6 Å². The van der Waals surface area contributed by atoms with Gasteiger partial charge in [-0.1, -0.05) is 13.3 Å². The van der Waals surface area contributed by atoms with E-state index in [4.69, 9.17) is 10.6 Å². The standard InChI is InChI=1S/C12H23BrN4O/c1-4-7-10(18-6-3)11(16-14)12-9(13)8-15-17(12)5-2/h8,10-11,16H,4-7,14H2,1-3H3. The highest BCUT2D eigenvalue weighted by Gasteiger charge is 2.27. The minimum absolute atomic E-state index is 0.0540. The zero-order valence-corrected chi connectivity index (χ0v) is 12.9. The number of aryl methyl sites for hydroxylation is 1.